The summed E-state index contributed by atoms with van der Waals surface area (Å²) in [5.41, 5.74) is 7.10. The molecule has 0 fully saturated rings. The number of carbonyl (C=O) groups excluding carboxylic acids is 1. The number of hydrogen-bond donors (Lipinski definition) is 0. The molecule has 0 N–H and O–H groups in total. The maximum absolute atomic E-state index is 12.2. The molecule has 0 aromatic heterocycles. The van der Waals surface area contributed by atoms with Gasteiger partial charge in [-0.05, 0) is 50.5 Å². The van der Waals surface area contributed by atoms with E-state index in [1.54, 1.807) is 11.8 Å². The van der Waals surface area contributed by atoms with Gasteiger partial charge in [0.15, 0.2) is 5.78 Å². The molecule has 0 heterocycles. The lowest BCUT2D eigenvalue weighted by Gasteiger charge is -2.06. The number of rotatable bonds is 5. The van der Waals surface area contributed by atoms with Gasteiger partial charge in [-0.3, -0.25) is 4.79 Å². The molecule has 0 aliphatic heterocycles. The first-order valence-electron chi connectivity index (χ1n) is 7.21. The lowest BCUT2D eigenvalue weighted by molar-refractivity contribution is 0.102. The van der Waals surface area contributed by atoms with E-state index < -0.39 is 0 Å². The van der Waals surface area contributed by atoms with Crippen LogP contribution in [0.1, 0.15) is 38.2 Å². The summed E-state index contributed by atoms with van der Waals surface area (Å²) in [6.07, 6.45) is 0. The van der Waals surface area contributed by atoms with Gasteiger partial charge < -0.3 is 0 Å². The molecule has 0 unspecified atom stereocenters. The van der Waals surface area contributed by atoms with Gasteiger partial charge in [-0.15, -0.1) is 11.8 Å². The predicted molar refractivity (Wildman–Crippen MR) is 92.3 cm³/mol. The van der Waals surface area contributed by atoms with Gasteiger partial charge in [-0.2, -0.15) is 0 Å². The highest BCUT2D eigenvalue weighted by Gasteiger charge is 2.07. The molecule has 0 spiro atoms. The lowest BCUT2D eigenvalue weighted by atomic mass is 10.0. The fraction of sp³-hybridized carbons (Fsp3) is 0.316. The number of Topliss-reactive ketones (excluding diaryl/α,β-unsaturated/α-hetero) is 1. The van der Waals surface area contributed by atoms with Gasteiger partial charge in [-0.1, -0.05) is 41.5 Å². The highest BCUT2D eigenvalue weighted by atomic mass is 32.2. The molecular formula is C19H22OS. The molecule has 0 bridgehead atoms. The molecule has 0 saturated carbocycles. The van der Waals surface area contributed by atoms with Crippen LogP contribution in [0.2, 0.25) is 0 Å². The molecule has 2 heteroatoms. The topological polar surface area (TPSA) is 17.1 Å². The molecule has 0 aliphatic rings. The van der Waals surface area contributed by atoms with Crippen LogP contribution in [0.25, 0.3) is 0 Å². The minimum absolute atomic E-state index is 0.215. The summed E-state index contributed by atoms with van der Waals surface area (Å²) in [4.78, 5) is 12.2. The van der Waals surface area contributed by atoms with Crippen molar-refractivity contribution < 1.29 is 4.79 Å². The van der Waals surface area contributed by atoms with Crippen molar-refractivity contribution in [3.05, 3.63) is 69.8 Å². The van der Waals surface area contributed by atoms with Crippen LogP contribution in [-0.4, -0.2) is 11.5 Å². The largest absolute Gasteiger partial charge is 0.293 e. The Balaban J connectivity index is 1.93. The van der Waals surface area contributed by atoms with Crippen LogP contribution in [0, 0.1) is 27.7 Å². The molecule has 2 aromatic carbocycles. The average molecular weight is 298 g/mol. The van der Waals surface area contributed by atoms with Crippen molar-refractivity contribution in [2.75, 3.05) is 5.75 Å². The SMILES string of the molecule is Cc1cc(C)cc(CSCC(=O)c2ccc(C)c(C)c2)c1. The van der Waals surface area contributed by atoms with Gasteiger partial charge in [0.05, 0.1) is 5.75 Å². The molecule has 1 nitrogen and oxygen atoms in total. The Labute approximate surface area is 131 Å². The standard InChI is InChI=1S/C19H22OS/c1-13-7-14(2)9-17(8-13)11-21-12-19(20)18-6-5-15(3)16(4)10-18/h5-10H,11-12H2,1-4H3. The van der Waals surface area contributed by atoms with Gasteiger partial charge in [0.2, 0.25) is 0 Å². The van der Waals surface area contributed by atoms with Crippen LogP contribution in [0.15, 0.2) is 36.4 Å². The molecule has 2 rings (SSSR count). The molecule has 110 valence electrons. The lowest BCUT2D eigenvalue weighted by Crippen LogP contribution is -2.03. The summed E-state index contributed by atoms with van der Waals surface area (Å²) in [6, 6.07) is 12.5. The van der Waals surface area contributed by atoms with Crippen LogP contribution in [-0.2, 0) is 5.75 Å². The van der Waals surface area contributed by atoms with Crippen molar-refractivity contribution in [3.63, 3.8) is 0 Å². The molecule has 0 atom stereocenters. The maximum atomic E-state index is 12.2. The van der Waals surface area contributed by atoms with E-state index in [-0.39, 0.29) is 5.78 Å². The summed E-state index contributed by atoms with van der Waals surface area (Å²) in [5, 5.41) is 0. The van der Waals surface area contributed by atoms with Gasteiger partial charge in [0.1, 0.15) is 0 Å². The summed E-state index contributed by atoms with van der Waals surface area (Å²) in [7, 11) is 0. The average Bonchev–Trinajstić information content (AvgIpc) is 2.40. The van der Waals surface area contributed by atoms with E-state index in [4.69, 9.17) is 0 Å². The second kappa shape index (κ2) is 6.95. The van der Waals surface area contributed by atoms with Crippen molar-refractivity contribution in [1.29, 1.82) is 0 Å². The summed E-state index contributed by atoms with van der Waals surface area (Å²) < 4.78 is 0. The minimum atomic E-state index is 0.215. The molecule has 0 amide bonds. The molecule has 0 radical (unpaired) electrons. The highest BCUT2D eigenvalue weighted by Crippen LogP contribution is 2.18. The van der Waals surface area contributed by atoms with Crippen molar-refractivity contribution in [2.24, 2.45) is 0 Å². The van der Waals surface area contributed by atoms with Crippen LogP contribution in [0.3, 0.4) is 0 Å². The normalized spacial score (nSPS) is 10.7. The van der Waals surface area contributed by atoms with Crippen molar-refractivity contribution in [1.82, 2.24) is 0 Å². The summed E-state index contributed by atoms with van der Waals surface area (Å²) in [6.45, 7) is 8.34. The number of benzene rings is 2. The van der Waals surface area contributed by atoms with E-state index >= 15 is 0 Å². The first-order chi connectivity index (χ1) is 9.95. The van der Waals surface area contributed by atoms with E-state index in [0.29, 0.717) is 5.75 Å². The van der Waals surface area contributed by atoms with E-state index in [1.807, 2.05) is 18.2 Å². The fourth-order valence-corrected chi connectivity index (χ4v) is 3.27. The highest BCUT2D eigenvalue weighted by molar-refractivity contribution is 7.99. The molecule has 0 saturated heterocycles. The smallest absolute Gasteiger partial charge is 0.172 e. The van der Waals surface area contributed by atoms with Gasteiger partial charge >= 0.3 is 0 Å². The third-order valence-electron chi connectivity index (χ3n) is 3.61. The summed E-state index contributed by atoms with van der Waals surface area (Å²) >= 11 is 1.69. The number of thioether (sulfide) groups is 1. The maximum Gasteiger partial charge on any atom is 0.172 e. The Morgan fingerprint density at radius 1 is 0.905 bits per heavy atom. The fourth-order valence-electron chi connectivity index (χ4n) is 2.41. The number of hydrogen-bond acceptors (Lipinski definition) is 2. The third kappa shape index (κ3) is 4.47. The van der Waals surface area contributed by atoms with Crippen LogP contribution < -0.4 is 0 Å². The minimum Gasteiger partial charge on any atom is -0.293 e. The molecular weight excluding hydrogens is 276 g/mol. The van der Waals surface area contributed by atoms with Gasteiger partial charge in [-0.25, -0.2) is 0 Å². The van der Waals surface area contributed by atoms with E-state index in [1.165, 1.54) is 27.8 Å². The Hall–Kier alpha value is -1.54. The Morgan fingerprint density at radius 2 is 1.57 bits per heavy atom. The monoisotopic (exact) mass is 298 g/mol. The molecule has 0 aliphatic carbocycles. The first kappa shape index (κ1) is 15.8. The third-order valence-corrected chi connectivity index (χ3v) is 4.62. The van der Waals surface area contributed by atoms with E-state index in [9.17, 15) is 4.79 Å². The Kier molecular flexibility index (Phi) is 5.24. The molecule has 21 heavy (non-hydrogen) atoms. The number of ketones is 1. The zero-order valence-electron chi connectivity index (χ0n) is 13.2. The molecule has 2 aromatic rings. The zero-order valence-corrected chi connectivity index (χ0v) is 14.0. The van der Waals surface area contributed by atoms with Gasteiger partial charge in [0, 0.05) is 11.3 Å². The summed E-state index contributed by atoms with van der Waals surface area (Å²) in [5.74, 6) is 1.64. The van der Waals surface area contributed by atoms with E-state index in [2.05, 4.69) is 45.9 Å². The van der Waals surface area contributed by atoms with Crippen LogP contribution in [0.4, 0.5) is 0 Å². The quantitative estimate of drug-likeness (QED) is 0.720. The first-order valence-corrected chi connectivity index (χ1v) is 8.36. The number of carbonyl (C=O) groups is 1. The Bertz CT molecular complexity index is 638. The Morgan fingerprint density at radius 3 is 2.19 bits per heavy atom. The number of aryl methyl sites for hydroxylation is 4. The second-order valence-corrected chi connectivity index (χ2v) is 6.70. The van der Waals surface area contributed by atoms with E-state index in [0.717, 1.165) is 11.3 Å². The van der Waals surface area contributed by atoms with Crippen LogP contribution in [0.5, 0.6) is 0 Å². The second-order valence-electron chi connectivity index (χ2n) is 5.71. The zero-order chi connectivity index (χ0) is 15.4. The van der Waals surface area contributed by atoms with Crippen molar-refractivity contribution >= 4 is 17.5 Å². The van der Waals surface area contributed by atoms with Crippen molar-refractivity contribution in [3.8, 4) is 0 Å². The van der Waals surface area contributed by atoms with Crippen molar-refractivity contribution in [2.45, 2.75) is 33.4 Å². The van der Waals surface area contributed by atoms with Gasteiger partial charge in [0.25, 0.3) is 0 Å². The predicted octanol–water partition coefficient (Wildman–Crippen LogP) is 5.04. The van der Waals surface area contributed by atoms with Crippen LogP contribution >= 0.6 is 11.8 Å².